The Balaban J connectivity index is 2.37. The molecule has 0 bridgehead atoms. The molecular formula is C13H22N2O3. The van der Waals surface area contributed by atoms with Crippen LogP contribution in [-0.2, 0) is 9.59 Å². The van der Waals surface area contributed by atoms with Gasteiger partial charge in [-0.25, -0.2) is 4.79 Å². The van der Waals surface area contributed by atoms with Gasteiger partial charge in [0.15, 0.2) is 5.54 Å². The molecule has 0 radical (unpaired) electrons. The van der Waals surface area contributed by atoms with E-state index in [0.717, 1.165) is 32.4 Å². The number of carboxylic acids is 1. The van der Waals surface area contributed by atoms with Crippen molar-refractivity contribution in [1.82, 2.24) is 9.80 Å². The highest BCUT2D eigenvalue weighted by Crippen LogP contribution is 2.40. The number of nitrogens with zero attached hydrogens (tertiary/aromatic N) is 2. The van der Waals surface area contributed by atoms with E-state index in [1.54, 1.807) is 4.90 Å². The van der Waals surface area contributed by atoms with Gasteiger partial charge in [-0.2, -0.15) is 0 Å². The second-order valence-electron chi connectivity index (χ2n) is 5.34. The normalized spacial score (nSPS) is 31.3. The lowest BCUT2D eigenvalue weighted by atomic mass is 9.86. The molecule has 5 nitrogen and oxygen atoms in total. The standard InChI is InChI=1S/C13H22N2O3/c1-3-7-15(10(2)16)13(12(17)18)6-9-14-8-4-5-11(13)14/h11H,3-9H2,1-2H3,(H,17,18). The second kappa shape index (κ2) is 4.88. The Bertz CT molecular complexity index is 358. The first-order chi connectivity index (χ1) is 8.54. The average Bonchev–Trinajstić information content (AvgIpc) is 2.87. The van der Waals surface area contributed by atoms with Crippen LogP contribution in [0.2, 0.25) is 0 Å². The smallest absolute Gasteiger partial charge is 0.331 e. The Hall–Kier alpha value is -1.10. The summed E-state index contributed by atoms with van der Waals surface area (Å²) in [4.78, 5) is 27.6. The van der Waals surface area contributed by atoms with Crippen LogP contribution < -0.4 is 0 Å². The predicted molar refractivity (Wildman–Crippen MR) is 67.3 cm³/mol. The van der Waals surface area contributed by atoms with Gasteiger partial charge in [-0.15, -0.1) is 0 Å². The lowest BCUT2D eigenvalue weighted by Gasteiger charge is -2.41. The van der Waals surface area contributed by atoms with Gasteiger partial charge >= 0.3 is 5.97 Å². The van der Waals surface area contributed by atoms with Crippen LogP contribution in [0.1, 0.15) is 39.5 Å². The van der Waals surface area contributed by atoms with E-state index < -0.39 is 11.5 Å². The number of carbonyl (C=O) groups is 2. The molecule has 2 rings (SSSR count). The predicted octanol–water partition coefficient (Wildman–Crippen LogP) is 0.936. The quantitative estimate of drug-likeness (QED) is 0.811. The highest BCUT2D eigenvalue weighted by Gasteiger charge is 2.58. The van der Waals surface area contributed by atoms with E-state index in [-0.39, 0.29) is 11.9 Å². The first kappa shape index (κ1) is 13.3. The summed E-state index contributed by atoms with van der Waals surface area (Å²) in [6.45, 7) is 5.76. The Kier molecular flexibility index (Phi) is 3.61. The van der Waals surface area contributed by atoms with Gasteiger partial charge < -0.3 is 10.0 Å². The third kappa shape index (κ3) is 1.81. The van der Waals surface area contributed by atoms with Crippen LogP contribution in [0.25, 0.3) is 0 Å². The summed E-state index contributed by atoms with van der Waals surface area (Å²) in [5, 5.41) is 9.74. The summed E-state index contributed by atoms with van der Waals surface area (Å²) in [7, 11) is 0. The highest BCUT2D eigenvalue weighted by atomic mass is 16.4. The Morgan fingerprint density at radius 1 is 1.44 bits per heavy atom. The van der Waals surface area contributed by atoms with Crippen molar-refractivity contribution in [2.24, 2.45) is 0 Å². The van der Waals surface area contributed by atoms with Crippen molar-refractivity contribution in [2.45, 2.75) is 51.1 Å². The maximum atomic E-state index is 11.9. The fourth-order valence-electron chi connectivity index (χ4n) is 3.66. The van der Waals surface area contributed by atoms with Crippen molar-refractivity contribution in [3.8, 4) is 0 Å². The molecule has 5 heteroatoms. The number of rotatable bonds is 4. The first-order valence-corrected chi connectivity index (χ1v) is 6.79. The molecule has 0 aromatic carbocycles. The molecule has 0 aromatic rings. The van der Waals surface area contributed by atoms with Gasteiger partial charge in [0.25, 0.3) is 0 Å². The van der Waals surface area contributed by atoms with Gasteiger partial charge in [-0.05, 0) is 32.2 Å². The molecule has 0 spiro atoms. The number of aliphatic carboxylic acids is 1. The van der Waals surface area contributed by atoms with Crippen molar-refractivity contribution >= 4 is 11.9 Å². The number of hydrogen-bond donors (Lipinski definition) is 1. The van der Waals surface area contributed by atoms with E-state index in [2.05, 4.69) is 4.90 Å². The zero-order chi connectivity index (χ0) is 13.3. The summed E-state index contributed by atoms with van der Waals surface area (Å²) in [5.74, 6) is -0.950. The molecule has 2 unspecified atom stereocenters. The van der Waals surface area contributed by atoms with E-state index in [4.69, 9.17) is 0 Å². The molecule has 0 aliphatic carbocycles. The van der Waals surface area contributed by atoms with Crippen LogP contribution in [0.15, 0.2) is 0 Å². The molecule has 2 aliphatic heterocycles. The monoisotopic (exact) mass is 254 g/mol. The first-order valence-electron chi connectivity index (χ1n) is 6.79. The zero-order valence-electron chi connectivity index (χ0n) is 11.2. The molecule has 2 aliphatic rings. The molecule has 1 N–H and O–H groups in total. The second-order valence-corrected chi connectivity index (χ2v) is 5.34. The fourth-order valence-corrected chi connectivity index (χ4v) is 3.66. The van der Waals surface area contributed by atoms with Crippen LogP contribution in [0.3, 0.4) is 0 Å². The Morgan fingerprint density at radius 2 is 2.17 bits per heavy atom. The number of hydrogen-bond acceptors (Lipinski definition) is 3. The third-order valence-corrected chi connectivity index (χ3v) is 4.37. The molecule has 2 fully saturated rings. The van der Waals surface area contributed by atoms with Crippen molar-refractivity contribution in [3.05, 3.63) is 0 Å². The number of amides is 1. The van der Waals surface area contributed by atoms with Crippen LogP contribution in [0, 0.1) is 0 Å². The highest BCUT2D eigenvalue weighted by molar-refractivity contribution is 5.87. The summed E-state index contributed by atoms with van der Waals surface area (Å²) < 4.78 is 0. The third-order valence-electron chi connectivity index (χ3n) is 4.37. The van der Waals surface area contributed by atoms with Crippen molar-refractivity contribution in [3.63, 3.8) is 0 Å². The molecule has 0 saturated carbocycles. The summed E-state index contributed by atoms with van der Waals surface area (Å²) >= 11 is 0. The molecule has 18 heavy (non-hydrogen) atoms. The van der Waals surface area contributed by atoms with Crippen LogP contribution in [-0.4, -0.2) is 58.0 Å². The minimum Gasteiger partial charge on any atom is -0.479 e. The van der Waals surface area contributed by atoms with E-state index in [1.807, 2.05) is 6.92 Å². The lowest BCUT2D eigenvalue weighted by molar-refractivity contribution is -0.160. The minimum absolute atomic E-state index is 0.00505. The largest absolute Gasteiger partial charge is 0.479 e. The van der Waals surface area contributed by atoms with Crippen LogP contribution >= 0.6 is 0 Å². The van der Waals surface area contributed by atoms with Crippen LogP contribution in [0.5, 0.6) is 0 Å². The summed E-state index contributed by atoms with van der Waals surface area (Å²) in [6, 6.07) is 0.00505. The Morgan fingerprint density at radius 3 is 2.72 bits per heavy atom. The maximum absolute atomic E-state index is 11.9. The lowest BCUT2D eigenvalue weighted by Crippen LogP contribution is -2.62. The Labute approximate surface area is 108 Å². The molecular weight excluding hydrogens is 232 g/mol. The fraction of sp³-hybridized carbons (Fsp3) is 0.846. The van der Waals surface area contributed by atoms with Crippen molar-refractivity contribution in [1.29, 1.82) is 0 Å². The van der Waals surface area contributed by atoms with Gasteiger partial charge in [0.05, 0.1) is 0 Å². The van der Waals surface area contributed by atoms with E-state index in [9.17, 15) is 14.7 Å². The topological polar surface area (TPSA) is 60.9 Å². The van der Waals surface area contributed by atoms with Crippen LogP contribution in [0.4, 0.5) is 0 Å². The average molecular weight is 254 g/mol. The van der Waals surface area contributed by atoms with E-state index in [0.29, 0.717) is 13.0 Å². The summed E-state index contributed by atoms with van der Waals surface area (Å²) in [6.07, 6.45) is 3.28. The van der Waals surface area contributed by atoms with E-state index in [1.165, 1.54) is 6.92 Å². The van der Waals surface area contributed by atoms with Gasteiger partial charge in [0.2, 0.25) is 5.91 Å². The van der Waals surface area contributed by atoms with Gasteiger partial charge in [0, 0.05) is 26.1 Å². The van der Waals surface area contributed by atoms with Gasteiger partial charge in [-0.1, -0.05) is 6.92 Å². The number of fused-ring (bicyclic) bond motifs is 1. The number of carbonyl (C=O) groups excluding carboxylic acids is 1. The van der Waals surface area contributed by atoms with Crippen molar-refractivity contribution in [2.75, 3.05) is 19.6 Å². The van der Waals surface area contributed by atoms with Gasteiger partial charge in [-0.3, -0.25) is 9.69 Å². The minimum atomic E-state index is -0.988. The van der Waals surface area contributed by atoms with Gasteiger partial charge in [0.1, 0.15) is 0 Å². The summed E-state index contributed by atoms with van der Waals surface area (Å²) in [5.41, 5.74) is -0.988. The molecule has 1 amide bonds. The van der Waals surface area contributed by atoms with E-state index >= 15 is 0 Å². The molecule has 2 atom stereocenters. The maximum Gasteiger partial charge on any atom is 0.331 e. The molecule has 0 aromatic heterocycles. The zero-order valence-corrected chi connectivity index (χ0v) is 11.2. The molecule has 2 saturated heterocycles. The SMILES string of the molecule is CCCN(C(C)=O)C1(C(=O)O)CCN2CCCC21. The molecule has 102 valence electrons. The molecule has 2 heterocycles. The number of carboxylic acid groups (broad SMARTS) is 1. The van der Waals surface area contributed by atoms with Crippen molar-refractivity contribution < 1.29 is 14.7 Å².